The van der Waals surface area contributed by atoms with Crippen molar-refractivity contribution in [3.63, 3.8) is 0 Å². The Balaban J connectivity index is 1.62. The summed E-state index contributed by atoms with van der Waals surface area (Å²) < 4.78 is 38.3. The maximum absolute atomic E-state index is 12.8. The van der Waals surface area contributed by atoms with Crippen LogP contribution >= 0.6 is 0 Å². The van der Waals surface area contributed by atoms with E-state index in [1.54, 1.807) is 21.9 Å². The molecule has 1 aromatic heterocycles. The van der Waals surface area contributed by atoms with Gasteiger partial charge in [0.15, 0.2) is 0 Å². The Morgan fingerprint density at radius 3 is 2.61 bits per heavy atom. The van der Waals surface area contributed by atoms with E-state index in [4.69, 9.17) is 0 Å². The fourth-order valence-electron chi connectivity index (χ4n) is 2.96. The number of pyridine rings is 1. The number of hydrogen-bond acceptors (Lipinski definition) is 3. The SMILES string of the molecule is CCN1CCN(c2ccc(NC(=O)Cc3cccc(C(F)(F)F)c3)cn2)C1=O. The van der Waals surface area contributed by atoms with E-state index >= 15 is 0 Å². The second-order valence-corrected chi connectivity index (χ2v) is 6.34. The van der Waals surface area contributed by atoms with Gasteiger partial charge in [0.2, 0.25) is 5.91 Å². The summed E-state index contributed by atoms with van der Waals surface area (Å²) in [5, 5.41) is 2.60. The third kappa shape index (κ3) is 4.41. The first kappa shape index (κ1) is 19.7. The zero-order chi connectivity index (χ0) is 20.3. The van der Waals surface area contributed by atoms with Gasteiger partial charge in [-0.3, -0.25) is 9.69 Å². The monoisotopic (exact) mass is 392 g/mol. The number of likely N-dealkylation sites (N-methyl/N-ethyl adjacent to an activating group) is 1. The van der Waals surface area contributed by atoms with E-state index in [0.717, 1.165) is 12.1 Å². The van der Waals surface area contributed by atoms with Crippen molar-refractivity contribution in [3.05, 3.63) is 53.7 Å². The zero-order valence-electron chi connectivity index (χ0n) is 15.2. The summed E-state index contributed by atoms with van der Waals surface area (Å²) in [6.45, 7) is 3.70. The van der Waals surface area contributed by atoms with E-state index in [1.165, 1.54) is 18.3 Å². The minimum absolute atomic E-state index is 0.115. The van der Waals surface area contributed by atoms with Gasteiger partial charge in [0, 0.05) is 19.6 Å². The number of carbonyl (C=O) groups is 2. The Morgan fingerprint density at radius 1 is 1.21 bits per heavy atom. The molecule has 1 aromatic carbocycles. The molecule has 0 unspecified atom stereocenters. The van der Waals surface area contributed by atoms with Crippen LogP contribution in [0.2, 0.25) is 0 Å². The Hall–Kier alpha value is -3.10. The summed E-state index contributed by atoms with van der Waals surface area (Å²) in [6.07, 6.45) is -3.23. The second-order valence-electron chi connectivity index (χ2n) is 6.34. The molecule has 0 atom stereocenters. The van der Waals surface area contributed by atoms with Crippen molar-refractivity contribution in [1.29, 1.82) is 0 Å². The lowest BCUT2D eigenvalue weighted by Gasteiger charge is -2.16. The smallest absolute Gasteiger partial charge is 0.324 e. The van der Waals surface area contributed by atoms with Crippen LogP contribution < -0.4 is 10.2 Å². The third-order valence-corrected chi connectivity index (χ3v) is 4.40. The summed E-state index contributed by atoms with van der Waals surface area (Å²) in [4.78, 5) is 31.7. The molecule has 0 aliphatic carbocycles. The van der Waals surface area contributed by atoms with Gasteiger partial charge in [-0.05, 0) is 30.7 Å². The summed E-state index contributed by atoms with van der Waals surface area (Å²) in [5.74, 6) is 0.0279. The Kier molecular flexibility index (Phi) is 5.53. The first-order valence-electron chi connectivity index (χ1n) is 8.76. The topological polar surface area (TPSA) is 65.5 Å². The predicted octanol–water partition coefficient (Wildman–Crippen LogP) is 3.54. The van der Waals surface area contributed by atoms with Gasteiger partial charge in [0.25, 0.3) is 0 Å². The molecular weight excluding hydrogens is 373 g/mol. The van der Waals surface area contributed by atoms with E-state index in [0.29, 0.717) is 31.1 Å². The van der Waals surface area contributed by atoms with Crippen LogP contribution in [0.1, 0.15) is 18.1 Å². The molecular formula is C19H19F3N4O2. The molecule has 0 saturated carbocycles. The highest BCUT2D eigenvalue weighted by Gasteiger charge is 2.30. The number of halogens is 3. The van der Waals surface area contributed by atoms with Crippen molar-refractivity contribution < 1.29 is 22.8 Å². The standard InChI is InChI=1S/C19H19F3N4O2/c1-2-25-8-9-26(18(25)28)16-7-6-15(12-23-16)24-17(27)11-13-4-3-5-14(10-13)19(20,21)22/h3-7,10,12H,2,8-9,11H2,1H3,(H,24,27). The molecule has 3 amide bonds. The molecule has 0 spiro atoms. The molecule has 148 valence electrons. The van der Waals surface area contributed by atoms with Crippen molar-refractivity contribution in [2.45, 2.75) is 19.5 Å². The number of nitrogens with one attached hydrogen (secondary N) is 1. The second kappa shape index (κ2) is 7.87. The normalized spacial score (nSPS) is 14.5. The molecule has 0 radical (unpaired) electrons. The quantitative estimate of drug-likeness (QED) is 0.847. The number of urea groups is 1. The maximum atomic E-state index is 12.8. The summed E-state index contributed by atoms with van der Waals surface area (Å²) >= 11 is 0. The van der Waals surface area contributed by atoms with Gasteiger partial charge in [0.05, 0.1) is 23.9 Å². The van der Waals surface area contributed by atoms with Gasteiger partial charge in [-0.1, -0.05) is 18.2 Å². The molecule has 1 fully saturated rings. The summed E-state index contributed by atoms with van der Waals surface area (Å²) in [6, 6.07) is 7.77. The number of amides is 3. The number of anilines is 2. The van der Waals surface area contributed by atoms with E-state index in [-0.39, 0.29) is 18.0 Å². The Labute approximate surface area is 160 Å². The Bertz CT molecular complexity index is 868. The number of benzene rings is 1. The zero-order valence-corrected chi connectivity index (χ0v) is 15.2. The molecule has 1 N–H and O–H groups in total. The summed E-state index contributed by atoms with van der Waals surface area (Å²) in [7, 11) is 0. The van der Waals surface area contributed by atoms with E-state index in [2.05, 4.69) is 10.3 Å². The van der Waals surface area contributed by atoms with Crippen LogP contribution in [0.15, 0.2) is 42.6 Å². The number of carbonyl (C=O) groups excluding carboxylic acids is 2. The van der Waals surface area contributed by atoms with Crippen LogP contribution in [-0.4, -0.2) is 41.5 Å². The van der Waals surface area contributed by atoms with Crippen LogP contribution in [0.25, 0.3) is 0 Å². The van der Waals surface area contributed by atoms with Gasteiger partial charge in [0.1, 0.15) is 5.82 Å². The first-order chi connectivity index (χ1) is 13.3. The number of rotatable bonds is 5. The highest BCUT2D eigenvalue weighted by molar-refractivity contribution is 5.94. The van der Waals surface area contributed by atoms with Gasteiger partial charge in [-0.25, -0.2) is 9.78 Å². The van der Waals surface area contributed by atoms with Crippen molar-refractivity contribution in [3.8, 4) is 0 Å². The largest absolute Gasteiger partial charge is 0.416 e. The minimum atomic E-state index is -4.45. The lowest BCUT2D eigenvalue weighted by Crippen LogP contribution is -2.32. The maximum Gasteiger partial charge on any atom is 0.416 e. The first-order valence-corrected chi connectivity index (χ1v) is 8.76. The van der Waals surface area contributed by atoms with Crippen molar-refractivity contribution in [2.75, 3.05) is 29.9 Å². The van der Waals surface area contributed by atoms with Gasteiger partial charge in [-0.15, -0.1) is 0 Å². The van der Waals surface area contributed by atoms with E-state index < -0.39 is 17.6 Å². The third-order valence-electron chi connectivity index (χ3n) is 4.40. The molecule has 2 aromatic rings. The highest BCUT2D eigenvalue weighted by Crippen LogP contribution is 2.29. The van der Waals surface area contributed by atoms with Crippen LogP contribution in [0.3, 0.4) is 0 Å². The average Bonchev–Trinajstić information content (AvgIpc) is 3.02. The molecule has 9 heteroatoms. The minimum Gasteiger partial charge on any atom is -0.324 e. The molecule has 6 nitrogen and oxygen atoms in total. The van der Waals surface area contributed by atoms with Gasteiger partial charge < -0.3 is 10.2 Å². The average molecular weight is 392 g/mol. The summed E-state index contributed by atoms with van der Waals surface area (Å²) in [5.41, 5.74) is -0.126. The van der Waals surface area contributed by atoms with Crippen molar-refractivity contribution in [2.24, 2.45) is 0 Å². The number of hydrogen-bond donors (Lipinski definition) is 1. The molecule has 3 rings (SSSR count). The van der Waals surface area contributed by atoms with Crippen LogP contribution in [-0.2, 0) is 17.4 Å². The fourth-order valence-corrected chi connectivity index (χ4v) is 2.96. The van der Waals surface area contributed by atoms with Gasteiger partial charge in [-0.2, -0.15) is 13.2 Å². The van der Waals surface area contributed by atoms with Crippen molar-refractivity contribution >= 4 is 23.4 Å². The van der Waals surface area contributed by atoms with E-state index in [9.17, 15) is 22.8 Å². The van der Waals surface area contributed by atoms with E-state index in [1.807, 2.05) is 6.92 Å². The van der Waals surface area contributed by atoms with Crippen LogP contribution in [0.4, 0.5) is 29.5 Å². The van der Waals surface area contributed by atoms with Crippen molar-refractivity contribution in [1.82, 2.24) is 9.88 Å². The number of nitrogens with zero attached hydrogens (tertiary/aromatic N) is 3. The molecule has 28 heavy (non-hydrogen) atoms. The number of aromatic nitrogens is 1. The Morgan fingerprint density at radius 2 is 2.00 bits per heavy atom. The molecule has 2 heterocycles. The predicted molar refractivity (Wildman–Crippen MR) is 98.0 cm³/mol. The van der Waals surface area contributed by atoms with Crippen LogP contribution in [0.5, 0.6) is 0 Å². The molecule has 1 aliphatic rings. The lowest BCUT2D eigenvalue weighted by atomic mass is 10.1. The fraction of sp³-hybridized carbons (Fsp3) is 0.316. The lowest BCUT2D eigenvalue weighted by molar-refractivity contribution is -0.137. The molecule has 0 bridgehead atoms. The molecule has 1 aliphatic heterocycles. The van der Waals surface area contributed by atoms with Crippen LogP contribution in [0, 0.1) is 0 Å². The van der Waals surface area contributed by atoms with Gasteiger partial charge >= 0.3 is 12.2 Å². The highest BCUT2D eigenvalue weighted by atomic mass is 19.4. The number of alkyl halides is 3. The molecule has 1 saturated heterocycles.